The predicted molar refractivity (Wildman–Crippen MR) is 92.8 cm³/mol. The normalized spacial score (nSPS) is 12.0. The Morgan fingerprint density at radius 2 is 1.79 bits per heavy atom. The van der Waals surface area contributed by atoms with E-state index in [1.165, 1.54) is 13.2 Å². The van der Waals surface area contributed by atoms with Gasteiger partial charge >= 0.3 is 0 Å². The SMILES string of the molecule is COc1ccc([C@H](C)NC(=O)c2ccc3ccccc3c2)cc1F. The maximum atomic E-state index is 13.8. The van der Waals surface area contributed by atoms with E-state index < -0.39 is 5.82 Å². The molecule has 0 aliphatic rings. The monoisotopic (exact) mass is 323 g/mol. The number of ether oxygens (including phenoxy) is 1. The van der Waals surface area contributed by atoms with Crippen LogP contribution in [0, 0.1) is 5.82 Å². The molecule has 1 atom stereocenters. The molecule has 0 heterocycles. The van der Waals surface area contributed by atoms with Crippen LogP contribution in [0.25, 0.3) is 10.8 Å². The first-order chi connectivity index (χ1) is 11.6. The number of amides is 1. The molecule has 3 aromatic rings. The number of rotatable bonds is 4. The van der Waals surface area contributed by atoms with Crippen molar-refractivity contribution in [3.8, 4) is 5.75 Å². The van der Waals surface area contributed by atoms with Crippen LogP contribution in [0.2, 0.25) is 0 Å². The Bertz CT molecular complexity index is 892. The molecule has 3 aromatic carbocycles. The van der Waals surface area contributed by atoms with Crippen LogP contribution in [0.15, 0.2) is 60.7 Å². The van der Waals surface area contributed by atoms with E-state index in [9.17, 15) is 9.18 Å². The van der Waals surface area contributed by atoms with Crippen LogP contribution in [-0.2, 0) is 0 Å². The molecule has 0 aliphatic carbocycles. The average molecular weight is 323 g/mol. The lowest BCUT2D eigenvalue weighted by atomic mass is 10.0. The van der Waals surface area contributed by atoms with Crippen molar-refractivity contribution in [2.75, 3.05) is 7.11 Å². The Kier molecular flexibility index (Phi) is 4.47. The molecule has 1 amide bonds. The smallest absolute Gasteiger partial charge is 0.251 e. The van der Waals surface area contributed by atoms with Gasteiger partial charge in [0.15, 0.2) is 11.6 Å². The fourth-order valence-corrected chi connectivity index (χ4v) is 2.65. The Morgan fingerprint density at radius 1 is 1.04 bits per heavy atom. The Labute approximate surface area is 140 Å². The van der Waals surface area contributed by atoms with E-state index >= 15 is 0 Å². The van der Waals surface area contributed by atoms with Gasteiger partial charge in [-0.1, -0.05) is 36.4 Å². The van der Waals surface area contributed by atoms with Crippen molar-refractivity contribution in [1.82, 2.24) is 5.32 Å². The van der Waals surface area contributed by atoms with Crippen LogP contribution >= 0.6 is 0 Å². The van der Waals surface area contributed by atoms with E-state index in [2.05, 4.69) is 5.32 Å². The van der Waals surface area contributed by atoms with Gasteiger partial charge in [-0.05, 0) is 47.5 Å². The molecule has 0 radical (unpaired) electrons. The van der Waals surface area contributed by atoms with E-state index in [1.54, 1.807) is 18.2 Å². The van der Waals surface area contributed by atoms with Gasteiger partial charge in [0, 0.05) is 5.56 Å². The third-order valence-corrected chi connectivity index (χ3v) is 4.04. The first kappa shape index (κ1) is 16.0. The number of nitrogens with one attached hydrogen (secondary N) is 1. The van der Waals surface area contributed by atoms with E-state index in [4.69, 9.17) is 4.74 Å². The van der Waals surface area contributed by atoms with Gasteiger partial charge in [-0.25, -0.2) is 4.39 Å². The second-order valence-electron chi connectivity index (χ2n) is 5.65. The molecule has 0 saturated heterocycles. The van der Waals surface area contributed by atoms with Crippen molar-refractivity contribution in [1.29, 1.82) is 0 Å². The fourth-order valence-electron chi connectivity index (χ4n) is 2.65. The molecule has 0 bridgehead atoms. The van der Waals surface area contributed by atoms with Crippen molar-refractivity contribution in [3.05, 3.63) is 77.6 Å². The first-order valence-electron chi connectivity index (χ1n) is 7.71. The molecule has 0 aliphatic heterocycles. The largest absolute Gasteiger partial charge is 0.494 e. The zero-order valence-corrected chi connectivity index (χ0v) is 13.5. The third-order valence-electron chi connectivity index (χ3n) is 4.04. The van der Waals surface area contributed by atoms with Crippen LogP contribution in [0.5, 0.6) is 5.75 Å². The zero-order chi connectivity index (χ0) is 17.1. The Balaban J connectivity index is 1.78. The standard InChI is InChI=1S/C20H18FNO2/c1-13(15-9-10-19(24-2)18(21)12-15)22-20(23)17-8-7-14-5-3-4-6-16(14)11-17/h3-13H,1-2H3,(H,22,23)/t13-/m0/s1. The molecule has 0 unspecified atom stereocenters. The number of hydrogen-bond acceptors (Lipinski definition) is 2. The number of benzene rings is 3. The van der Waals surface area contributed by atoms with Crippen molar-refractivity contribution in [2.45, 2.75) is 13.0 Å². The number of halogens is 1. The topological polar surface area (TPSA) is 38.3 Å². The van der Waals surface area contributed by atoms with Crippen molar-refractivity contribution in [3.63, 3.8) is 0 Å². The minimum atomic E-state index is -0.443. The average Bonchev–Trinajstić information content (AvgIpc) is 2.61. The summed E-state index contributed by atoms with van der Waals surface area (Å²) in [5.41, 5.74) is 1.26. The summed E-state index contributed by atoms with van der Waals surface area (Å²) in [6, 6.07) is 17.8. The van der Waals surface area contributed by atoms with Crippen LogP contribution in [0.3, 0.4) is 0 Å². The second kappa shape index (κ2) is 6.71. The maximum absolute atomic E-state index is 13.8. The van der Waals surface area contributed by atoms with Crippen LogP contribution in [0.4, 0.5) is 4.39 Å². The minimum Gasteiger partial charge on any atom is -0.494 e. The summed E-state index contributed by atoms with van der Waals surface area (Å²) >= 11 is 0. The highest BCUT2D eigenvalue weighted by Crippen LogP contribution is 2.22. The maximum Gasteiger partial charge on any atom is 0.251 e. The molecular formula is C20H18FNO2. The molecule has 0 saturated carbocycles. The molecule has 122 valence electrons. The molecule has 4 heteroatoms. The number of hydrogen-bond donors (Lipinski definition) is 1. The Hall–Kier alpha value is -2.88. The summed E-state index contributed by atoms with van der Waals surface area (Å²) in [6.07, 6.45) is 0. The second-order valence-corrected chi connectivity index (χ2v) is 5.65. The van der Waals surface area contributed by atoms with E-state index in [1.807, 2.05) is 43.3 Å². The van der Waals surface area contributed by atoms with E-state index in [-0.39, 0.29) is 17.7 Å². The predicted octanol–water partition coefficient (Wildman–Crippen LogP) is 4.48. The summed E-state index contributed by atoms with van der Waals surface area (Å²) in [5, 5.41) is 4.99. The molecule has 0 spiro atoms. The summed E-state index contributed by atoms with van der Waals surface area (Å²) in [4.78, 5) is 12.5. The highest BCUT2D eigenvalue weighted by atomic mass is 19.1. The van der Waals surface area contributed by atoms with Gasteiger partial charge in [-0.3, -0.25) is 4.79 Å². The first-order valence-corrected chi connectivity index (χ1v) is 7.71. The zero-order valence-electron chi connectivity index (χ0n) is 13.5. The van der Waals surface area contributed by atoms with E-state index in [0.717, 1.165) is 10.8 Å². The highest BCUT2D eigenvalue weighted by molar-refractivity contribution is 5.98. The summed E-state index contributed by atoms with van der Waals surface area (Å²) in [6.45, 7) is 1.82. The minimum absolute atomic E-state index is 0.187. The Morgan fingerprint density at radius 3 is 2.50 bits per heavy atom. The van der Waals surface area contributed by atoms with Crippen molar-refractivity contribution < 1.29 is 13.9 Å². The van der Waals surface area contributed by atoms with Crippen LogP contribution in [-0.4, -0.2) is 13.0 Å². The molecule has 3 nitrogen and oxygen atoms in total. The number of carbonyl (C=O) groups is 1. The lowest BCUT2D eigenvalue weighted by molar-refractivity contribution is 0.0940. The molecular weight excluding hydrogens is 305 g/mol. The molecule has 0 aromatic heterocycles. The van der Waals surface area contributed by atoms with Gasteiger partial charge in [-0.2, -0.15) is 0 Å². The van der Waals surface area contributed by atoms with Crippen molar-refractivity contribution in [2.24, 2.45) is 0 Å². The lowest BCUT2D eigenvalue weighted by Crippen LogP contribution is -2.26. The number of carbonyl (C=O) groups excluding carboxylic acids is 1. The van der Waals surface area contributed by atoms with Crippen LogP contribution < -0.4 is 10.1 Å². The van der Waals surface area contributed by atoms with Gasteiger partial charge in [0.25, 0.3) is 5.91 Å². The van der Waals surface area contributed by atoms with Gasteiger partial charge < -0.3 is 10.1 Å². The van der Waals surface area contributed by atoms with Gasteiger partial charge in [0.05, 0.1) is 13.2 Å². The molecule has 0 fully saturated rings. The summed E-state index contributed by atoms with van der Waals surface area (Å²) in [5.74, 6) is -0.446. The quantitative estimate of drug-likeness (QED) is 0.769. The van der Waals surface area contributed by atoms with Gasteiger partial charge in [-0.15, -0.1) is 0 Å². The molecule has 24 heavy (non-hydrogen) atoms. The number of fused-ring (bicyclic) bond motifs is 1. The summed E-state index contributed by atoms with van der Waals surface area (Å²) < 4.78 is 18.7. The molecule has 1 N–H and O–H groups in total. The van der Waals surface area contributed by atoms with E-state index in [0.29, 0.717) is 11.1 Å². The number of methoxy groups -OCH3 is 1. The van der Waals surface area contributed by atoms with Crippen molar-refractivity contribution >= 4 is 16.7 Å². The molecule has 3 rings (SSSR count). The lowest BCUT2D eigenvalue weighted by Gasteiger charge is -2.15. The van der Waals surface area contributed by atoms with Gasteiger partial charge in [0.2, 0.25) is 0 Å². The van der Waals surface area contributed by atoms with Gasteiger partial charge in [0.1, 0.15) is 0 Å². The fraction of sp³-hybridized carbons (Fsp3) is 0.150. The highest BCUT2D eigenvalue weighted by Gasteiger charge is 2.14. The summed E-state index contributed by atoms with van der Waals surface area (Å²) in [7, 11) is 1.42. The van der Waals surface area contributed by atoms with Crippen LogP contribution in [0.1, 0.15) is 28.9 Å². The third kappa shape index (κ3) is 3.23.